The second-order valence-electron chi connectivity index (χ2n) is 8.56. The molecule has 2 amide bonds. The summed E-state index contributed by atoms with van der Waals surface area (Å²) in [5.74, 6) is 1.36. The number of nitrogens with zero attached hydrogens (tertiary/aromatic N) is 1. The molecule has 4 aromatic rings. The number of ether oxygens (including phenoxy) is 2. The van der Waals surface area contributed by atoms with Gasteiger partial charge in [-0.05, 0) is 66.1 Å². The zero-order valence-electron chi connectivity index (χ0n) is 19.6. The summed E-state index contributed by atoms with van der Waals surface area (Å²) in [5.41, 5.74) is 2.89. The molecule has 36 heavy (non-hydrogen) atoms. The second kappa shape index (κ2) is 9.14. The number of rotatable bonds is 4. The molecule has 1 aromatic heterocycles. The maximum atomic E-state index is 13.5. The molecule has 5 rings (SSSR count). The van der Waals surface area contributed by atoms with Crippen molar-refractivity contribution in [2.24, 2.45) is 0 Å². The first-order valence-electron chi connectivity index (χ1n) is 11.4. The number of amides is 2. The van der Waals surface area contributed by atoms with Gasteiger partial charge in [-0.1, -0.05) is 18.2 Å². The van der Waals surface area contributed by atoms with Crippen LogP contribution in [0, 0.1) is 0 Å². The fraction of sp³-hybridized carbons (Fsp3) is 0.222. The lowest BCUT2D eigenvalue weighted by Crippen LogP contribution is -2.43. The number of carbonyl (C=O) groups excluding carboxylic acids is 1. The summed E-state index contributed by atoms with van der Waals surface area (Å²) in [4.78, 5) is 18.6. The van der Waals surface area contributed by atoms with Gasteiger partial charge in [-0.3, -0.25) is 0 Å². The largest absolute Gasteiger partial charge is 0.497 e. The van der Waals surface area contributed by atoms with E-state index in [9.17, 15) is 18.0 Å². The predicted octanol–water partition coefficient (Wildman–Crippen LogP) is 6.38. The molecule has 0 aliphatic carbocycles. The van der Waals surface area contributed by atoms with Crippen molar-refractivity contribution in [2.75, 3.05) is 26.1 Å². The van der Waals surface area contributed by atoms with E-state index in [4.69, 9.17) is 9.47 Å². The molecule has 0 bridgehead atoms. The molecule has 2 N–H and O–H groups in total. The molecule has 0 radical (unpaired) electrons. The van der Waals surface area contributed by atoms with Crippen LogP contribution in [-0.2, 0) is 12.6 Å². The molecule has 1 aliphatic rings. The predicted molar refractivity (Wildman–Crippen MR) is 131 cm³/mol. The van der Waals surface area contributed by atoms with Crippen LogP contribution in [-0.4, -0.2) is 36.7 Å². The van der Waals surface area contributed by atoms with Gasteiger partial charge in [0.05, 0.1) is 25.8 Å². The number of carbonyl (C=O) groups is 1. The molecule has 186 valence electrons. The van der Waals surface area contributed by atoms with Crippen LogP contribution in [0.4, 0.5) is 23.7 Å². The Balaban J connectivity index is 1.56. The molecular weight excluding hydrogens is 471 g/mol. The summed E-state index contributed by atoms with van der Waals surface area (Å²) in [5, 5.41) is 3.67. The van der Waals surface area contributed by atoms with Crippen LogP contribution in [0.5, 0.6) is 11.5 Å². The Bertz CT molecular complexity index is 1430. The number of benzene rings is 3. The van der Waals surface area contributed by atoms with Gasteiger partial charge in [-0.25, -0.2) is 4.79 Å². The third kappa shape index (κ3) is 4.32. The summed E-state index contributed by atoms with van der Waals surface area (Å²) >= 11 is 0. The smallest absolute Gasteiger partial charge is 0.416 e. The number of H-pyrrole nitrogens is 1. The van der Waals surface area contributed by atoms with Crippen LogP contribution in [0.2, 0.25) is 0 Å². The molecule has 6 nitrogen and oxygen atoms in total. The maximum Gasteiger partial charge on any atom is 0.416 e. The van der Waals surface area contributed by atoms with E-state index in [1.54, 1.807) is 19.1 Å². The minimum Gasteiger partial charge on any atom is -0.497 e. The number of hydrogen-bond donors (Lipinski definition) is 2. The SMILES string of the molecule is COc1cccc([C@@H]2c3[nH]c4ccc(OC)cc4c3CCN2C(=O)Nc2cccc(C(F)(F)F)c2)c1. The first kappa shape index (κ1) is 23.6. The highest BCUT2D eigenvalue weighted by molar-refractivity contribution is 5.92. The number of halogens is 3. The summed E-state index contributed by atoms with van der Waals surface area (Å²) in [7, 11) is 3.18. The normalized spacial score (nSPS) is 15.5. The Hall–Kier alpha value is -4.14. The van der Waals surface area contributed by atoms with Gasteiger partial charge in [0.1, 0.15) is 11.5 Å². The maximum absolute atomic E-state index is 13.5. The van der Waals surface area contributed by atoms with Crippen molar-refractivity contribution in [2.45, 2.75) is 18.6 Å². The van der Waals surface area contributed by atoms with E-state index in [2.05, 4.69) is 10.3 Å². The van der Waals surface area contributed by atoms with Gasteiger partial charge in [0, 0.05) is 28.8 Å². The minimum absolute atomic E-state index is 0.0754. The Kier molecular flexibility index (Phi) is 5.99. The number of fused-ring (bicyclic) bond motifs is 3. The van der Waals surface area contributed by atoms with Crippen LogP contribution in [0.15, 0.2) is 66.7 Å². The van der Waals surface area contributed by atoms with Crippen molar-refractivity contribution >= 4 is 22.6 Å². The standard InChI is InChI=1S/C27H24F3N3O3/c1-35-19-8-3-5-16(13-19)25-24-21(22-15-20(36-2)9-10-23(22)32-24)11-12-33(25)26(34)31-18-7-4-6-17(14-18)27(28,29)30/h3-10,13-15,25,32H,11-12H2,1-2H3,(H,31,34)/t25-/m1/s1. The van der Waals surface area contributed by atoms with Crippen LogP contribution in [0.25, 0.3) is 10.9 Å². The van der Waals surface area contributed by atoms with E-state index in [0.29, 0.717) is 18.7 Å². The third-order valence-electron chi connectivity index (χ3n) is 6.45. The van der Waals surface area contributed by atoms with Gasteiger partial charge in [0.25, 0.3) is 0 Å². The van der Waals surface area contributed by atoms with Crippen molar-refractivity contribution in [3.05, 3.63) is 89.1 Å². The Morgan fingerprint density at radius 1 is 1.00 bits per heavy atom. The van der Waals surface area contributed by atoms with Crippen molar-refractivity contribution in [3.8, 4) is 11.5 Å². The lowest BCUT2D eigenvalue weighted by atomic mass is 9.92. The molecule has 0 fully saturated rings. The molecule has 1 aliphatic heterocycles. The average molecular weight is 496 g/mol. The van der Waals surface area contributed by atoms with Crippen molar-refractivity contribution in [1.82, 2.24) is 9.88 Å². The molecule has 0 unspecified atom stereocenters. The zero-order chi connectivity index (χ0) is 25.4. The number of hydrogen-bond acceptors (Lipinski definition) is 3. The summed E-state index contributed by atoms with van der Waals surface area (Å²) in [6, 6.07) is 16.8. The van der Waals surface area contributed by atoms with Gasteiger partial charge in [0.15, 0.2) is 0 Å². The van der Waals surface area contributed by atoms with Crippen LogP contribution in [0.3, 0.4) is 0 Å². The fourth-order valence-electron chi connectivity index (χ4n) is 4.74. The molecule has 1 atom stereocenters. The number of urea groups is 1. The monoisotopic (exact) mass is 495 g/mol. The van der Waals surface area contributed by atoms with Crippen molar-refractivity contribution < 1.29 is 27.4 Å². The minimum atomic E-state index is -4.50. The Labute approximate surface area is 205 Å². The van der Waals surface area contributed by atoms with Crippen LogP contribution < -0.4 is 14.8 Å². The highest BCUT2D eigenvalue weighted by Crippen LogP contribution is 2.40. The van der Waals surface area contributed by atoms with Gasteiger partial charge >= 0.3 is 12.2 Å². The molecule has 9 heteroatoms. The quantitative estimate of drug-likeness (QED) is 0.345. The Morgan fingerprint density at radius 2 is 1.75 bits per heavy atom. The Morgan fingerprint density at radius 3 is 2.50 bits per heavy atom. The number of anilines is 1. The van der Waals surface area contributed by atoms with Gasteiger partial charge in [-0.15, -0.1) is 0 Å². The first-order chi connectivity index (χ1) is 17.3. The number of alkyl halides is 3. The highest BCUT2D eigenvalue weighted by atomic mass is 19.4. The average Bonchev–Trinajstić information content (AvgIpc) is 3.25. The van der Waals surface area contributed by atoms with Crippen LogP contribution in [0.1, 0.15) is 28.4 Å². The van der Waals surface area contributed by atoms with Gasteiger partial charge < -0.3 is 24.7 Å². The summed E-state index contributed by atoms with van der Waals surface area (Å²) < 4.78 is 50.4. The van der Waals surface area contributed by atoms with Crippen LogP contribution >= 0.6 is 0 Å². The molecule has 0 saturated carbocycles. The second-order valence-corrected chi connectivity index (χ2v) is 8.56. The van der Waals surface area contributed by atoms with E-state index in [-0.39, 0.29) is 5.69 Å². The molecular formula is C27H24F3N3O3. The number of nitrogens with one attached hydrogen (secondary N) is 2. The fourth-order valence-corrected chi connectivity index (χ4v) is 4.74. The van der Waals surface area contributed by atoms with Gasteiger partial charge in [-0.2, -0.15) is 13.2 Å². The van der Waals surface area contributed by atoms with E-state index in [1.165, 1.54) is 12.1 Å². The van der Waals surface area contributed by atoms with Crippen molar-refractivity contribution in [3.63, 3.8) is 0 Å². The van der Waals surface area contributed by atoms with E-state index >= 15 is 0 Å². The number of aromatic nitrogens is 1. The summed E-state index contributed by atoms with van der Waals surface area (Å²) in [6.45, 7) is 0.365. The van der Waals surface area contributed by atoms with E-state index < -0.39 is 23.8 Å². The number of aromatic amines is 1. The molecule has 0 spiro atoms. The number of methoxy groups -OCH3 is 2. The topological polar surface area (TPSA) is 66.6 Å². The molecule has 3 aromatic carbocycles. The van der Waals surface area contributed by atoms with E-state index in [1.807, 2.05) is 42.5 Å². The summed E-state index contributed by atoms with van der Waals surface area (Å²) in [6.07, 6.45) is -3.94. The van der Waals surface area contributed by atoms with E-state index in [0.717, 1.165) is 45.6 Å². The van der Waals surface area contributed by atoms with Gasteiger partial charge in [0.2, 0.25) is 0 Å². The first-order valence-corrected chi connectivity index (χ1v) is 11.4. The lowest BCUT2D eigenvalue weighted by Gasteiger charge is -2.36. The zero-order valence-corrected chi connectivity index (χ0v) is 19.6. The molecule has 2 heterocycles. The highest BCUT2D eigenvalue weighted by Gasteiger charge is 2.35. The third-order valence-corrected chi connectivity index (χ3v) is 6.45. The molecule has 0 saturated heterocycles. The lowest BCUT2D eigenvalue weighted by molar-refractivity contribution is -0.137. The van der Waals surface area contributed by atoms with Crippen molar-refractivity contribution in [1.29, 1.82) is 0 Å².